The number of hydrogen-bond donors (Lipinski definition) is 0. The maximum absolute atomic E-state index is 12.9. The number of methoxy groups -OCH3 is 1. The number of esters is 1. The topological polar surface area (TPSA) is 99.8 Å². The molecule has 0 aliphatic carbocycles. The van der Waals surface area contributed by atoms with Crippen LogP contribution in [0.1, 0.15) is 54.9 Å². The third-order valence-electron chi connectivity index (χ3n) is 6.56. The second kappa shape index (κ2) is 16.1. The first kappa shape index (κ1) is 37.6. The van der Waals surface area contributed by atoms with E-state index in [-0.39, 0.29) is 34.1 Å². The number of carbonyl (C=O) groups excluding carboxylic acids is 2. The molecule has 3 rings (SSSR count). The molecule has 0 bridgehead atoms. The van der Waals surface area contributed by atoms with Gasteiger partial charge in [0.05, 0.1) is 40.7 Å². The van der Waals surface area contributed by atoms with Crippen LogP contribution in [0.25, 0.3) is 5.69 Å². The number of alkyl halides is 4. The summed E-state index contributed by atoms with van der Waals surface area (Å²) in [7, 11) is 2.53. The number of ether oxygens (including phenoxy) is 2. The average molecular weight is 675 g/mol. The molecule has 0 aliphatic rings. The maximum atomic E-state index is 12.9. The number of benzene rings is 2. The van der Waals surface area contributed by atoms with E-state index in [1.165, 1.54) is 12.1 Å². The molecular formula is C31H36Cl2F3N3O6. The van der Waals surface area contributed by atoms with E-state index in [0.29, 0.717) is 21.8 Å². The minimum Gasteiger partial charge on any atom is -0.459 e. The van der Waals surface area contributed by atoms with Crippen molar-refractivity contribution in [3.63, 3.8) is 0 Å². The summed E-state index contributed by atoms with van der Waals surface area (Å²) in [4.78, 5) is 50.4. The van der Waals surface area contributed by atoms with Crippen LogP contribution in [0.4, 0.5) is 18.9 Å². The molecule has 0 N–H and O–H groups in total. The summed E-state index contributed by atoms with van der Waals surface area (Å²) in [5.41, 5.74) is -0.794. The van der Waals surface area contributed by atoms with E-state index in [2.05, 4.69) is 13.0 Å². The Bertz CT molecular complexity index is 1640. The number of halogens is 5. The molecule has 45 heavy (non-hydrogen) atoms. The lowest BCUT2D eigenvalue weighted by atomic mass is 10.0. The number of rotatable bonds is 9. The lowest BCUT2D eigenvalue weighted by molar-refractivity contribution is -0.144. The Hall–Kier alpha value is -3.61. The molecule has 0 saturated carbocycles. The van der Waals surface area contributed by atoms with Gasteiger partial charge in [0, 0.05) is 20.2 Å². The third kappa shape index (κ3) is 9.21. The number of anilines is 1. The fourth-order valence-corrected chi connectivity index (χ4v) is 4.87. The minimum absolute atomic E-state index is 0.0104. The van der Waals surface area contributed by atoms with Gasteiger partial charge >= 0.3 is 17.8 Å². The van der Waals surface area contributed by atoms with Crippen molar-refractivity contribution in [1.29, 1.82) is 0 Å². The zero-order valence-corrected chi connectivity index (χ0v) is 27.5. The molecule has 0 spiro atoms. The standard InChI is InChI=1S/C16H14ClF3N2O4.C15H22ClNO2/c1-8(2)26-14(24)10-6-9(4-5-11(10)17)22-13(23)7-12(16(18,19)20)21(3)15(22)25;1-5-13-8-6-7-11(2)15(13)17(14(18)9-16)12(3)10-19-4/h4-8H,1-3H3;6-8,12H,5,9-10H2,1-4H3. The van der Waals surface area contributed by atoms with Crippen LogP contribution >= 0.6 is 23.2 Å². The first-order valence-corrected chi connectivity index (χ1v) is 14.8. The second-order valence-electron chi connectivity index (χ2n) is 10.3. The van der Waals surface area contributed by atoms with Crippen molar-refractivity contribution < 1.29 is 32.2 Å². The van der Waals surface area contributed by atoms with Gasteiger partial charge in [-0.05, 0) is 63.4 Å². The SMILES string of the molecule is CC(C)OC(=O)c1cc(-n2c(=O)cc(C(F)(F)F)n(C)c2=O)ccc1Cl.CCc1cccc(C)c1N(C(=O)CCl)C(C)COC. The van der Waals surface area contributed by atoms with Gasteiger partial charge in [-0.2, -0.15) is 13.2 Å². The highest BCUT2D eigenvalue weighted by atomic mass is 35.5. The van der Waals surface area contributed by atoms with Gasteiger partial charge in [-0.3, -0.25) is 14.2 Å². The minimum atomic E-state index is -4.86. The predicted molar refractivity (Wildman–Crippen MR) is 168 cm³/mol. The third-order valence-corrected chi connectivity index (χ3v) is 7.11. The van der Waals surface area contributed by atoms with E-state index in [0.717, 1.165) is 36.3 Å². The first-order valence-electron chi connectivity index (χ1n) is 13.9. The van der Waals surface area contributed by atoms with E-state index in [1.807, 2.05) is 26.0 Å². The van der Waals surface area contributed by atoms with Gasteiger partial charge in [-0.25, -0.2) is 14.2 Å². The summed E-state index contributed by atoms with van der Waals surface area (Å²) in [6, 6.07) is 9.95. The molecule has 1 atom stereocenters. The number of carbonyl (C=O) groups is 2. The summed E-state index contributed by atoms with van der Waals surface area (Å²) in [6.45, 7) is 9.79. The number of amides is 1. The summed E-state index contributed by atoms with van der Waals surface area (Å²) < 4.78 is 49.7. The Morgan fingerprint density at radius 1 is 1.07 bits per heavy atom. The zero-order valence-electron chi connectivity index (χ0n) is 26.0. The number of para-hydroxylation sites is 1. The van der Waals surface area contributed by atoms with Crippen LogP contribution in [0, 0.1) is 6.92 Å². The molecule has 2 aromatic carbocycles. The Morgan fingerprint density at radius 2 is 1.71 bits per heavy atom. The van der Waals surface area contributed by atoms with Crippen molar-refractivity contribution in [3.8, 4) is 5.69 Å². The highest BCUT2D eigenvalue weighted by molar-refractivity contribution is 6.33. The number of hydrogen-bond acceptors (Lipinski definition) is 6. The van der Waals surface area contributed by atoms with Crippen molar-refractivity contribution in [3.05, 3.63) is 90.7 Å². The fourth-order valence-electron chi connectivity index (χ4n) is 4.54. The average Bonchev–Trinajstić information content (AvgIpc) is 2.96. The molecule has 0 fully saturated rings. The highest BCUT2D eigenvalue weighted by Crippen LogP contribution is 2.29. The van der Waals surface area contributed by atoms with Crippen LogP contribution in [0.5, 0.6) is 0 Å². The van der Waals surface area contributed by atoms with Crippen LogP contribution in [-0.2, 0) is 33.9 Å². The summed E-state index contributed by atoms with van der Waals surface area (Å²) >= 11 is 11.7. The predicted octanol–water partition coefficient (Wildman–Crippen LogP) is 5.94. The van der Waals surface area contributed by atoms with Crippen molar-refractivity contribution in [1.82, 2.24) is 9.13 Å². The van der Waals surface area contributed by atoms with Crippen LogP contribution in [-0.4, -0.2) is 52.8 Å². The van der Waals surface area contributed by atoms with Crippen LogP contribution in [0.2, 0.25) is 5.02 Å². The summed E-state index contributed by atoms with van der Waals surface area (Å²) in [5.74, 6) is -0.898. The van der Waals surface area contributed by atoms with Crippen molar-refractivity contribution in [2.75, 3.05) is 24.5 Å². The highest BCUT2D eigenvalue weighted by Gasteiger charge is 2.35. The van der Waals surface area contributed by atoms with Crippen LogP contribution in [0.3, 0.4) is 0 Å². The van der Waals surface area contributed by atoms with Crippen LogP contribution < -0.4 is 16.1 Å². The van der Waals surface area contributed by atoms with Crippen LogP contribution in [0.15, 0.2) is 52.1 Å². The molecule has 9 nitrogen and oxygen atoms in total. The maximum Gasteiger partial charge on any atom is 0.431 e. The zero-order chi connectivity index (χ0) is 34.2. The molecule has 246 valence electrons. The number of aromatic nitrogens is 2. The van der Waals surface area contributed by atoms with Gasteiger partial charge in [0.2, 0.25) is 5.91 Å². The molecule has 14 heteroatoms. The second-order valence-corrected chi connectivity index (χ2v) is 11.0. The van der Waals surface area contributed by atoms with E-state index in [9.17, 15) is 32.3 Å². The van der Waals surface area contributed by atoms with Crippen molar-refractivity contribution in [2.45, 2.75) is 59.4 Å². The molecule has 1 unspecified atom stereocenters. The lowest BCUT2D eigenvalue weighted by Crippen LogP contribution is -2.43. The fraction of sp³-hybridized carbons (Fsp3) is 0.419. The molecule has 1 heterocycles. The molecule has 0 saturated heterocycles. The van der Waals surface area contributed by atoms with E-state index >= 15 is 0 Å². The van der Waals surface area contributed by atoms with E-state index in [1.54, 1.807) is 25.9 Å². The Morgan fingerprint density at radius 3 is 2.24 bits per heavy atom. The van der Waals surface area contributed by atoms with Crippen molar-refractivity contribution >= 4 is 40.8 Å². The number of nitrogens with zero attached hydrogens (tertiary/aromatic N) is 3. The van der Waals surface area contributed by atoms with Gasteiger partial charge in [0.25, 0.3) is 5.56 Å². The normalized spacial score (nSPS) is 11.9. The van der Waals surface area contributed by atoms with Crippen molar-refractivity contribution in [2.24, 2.45) is 7.05 Å². The Kier molecular flexibility index (Phi) is 13.4. The molecule has 3 aromatic rings. The summed E-state index contributed by atoms with van der Waals surface area (Å²) in [6.07, 6.45) is -4.43. The number of aryl methyl sites for hydroxylation is 2. The molecule has 0 radical (unpaired) electrons. The van der Waals surface area contributed by atoms with E-state index in [4.69, 9.17) is 32.7 Å². The monoisotopic (exact) mass is 673 g/mol. The van der Waals surface area contributed by atoms with E-state index < -0.39 is 35.2 Å². The molecule has 1 aromatic heterocycles. The molecular weight excluding hydrogens is 638 g/mol. The first-order chi connectivity index (χ1) is 21.0. The Labute approximate surface area is 269 Å². The van der Waals surface area contributed by atoms with Gasteiger partial charge in [-0.1, -0.05) is 36.7 Å². The molecule has 1 amide bonds. The lowest BCUT2D eigenvalue weighted by Gasteiger charge is -2.31. The van der Waals surface area contributed by atoms with Gasteiger partial charge < -0.3 is 14.4 Å². The van der Waals surface area contributed by atoms with Gasteiger partial charge in [0.1, 0.15) is 11.6 Å². The van der Waals surface area contributed by atoms with Gasteiger partial charge in [0.15, 0.2) is 0 Å². The van der Waals surface area contributed by atoms with Gasteiger partial charge in [-0.15, -0.1) is 11.6 Å². The smallest absolute Gasteiger partial charge is 0.431 e. The Balaban J connectivity index is 0.000000330. The molecule has 0 aliphatic heterocycles. The summed E-state index contributed by atoms with van der Waals surface area (Å²) in [5, 5.41) is 0.0104. The quantitative estimate of drug-likeness (QED) is 0.206. The largest absolute Gasteiger partial charge is 0.459 e.